The van der Waals surface area contributed by atoms with Crippen molar-refractivity contribution in [3.05, 3.63) is 71.8 Å². The summed E-state index contributed by atoms with van der Waals surface area (Å²) in [6, 6.07) is 21.8. The van der Waals surface area contributed by atoms with Crippen LogP contribution in [0.25, 0.3) is 0 Å². The van der Waals surface area contributed by atoms with Crippen molar-refractivity contribution < 1.29 is 0 Å². The highest BCUT2D eigenvalue weighted by Crippen LogP contribution is 2.23. The third-order valence-electron chi connectivity index (χ3n) is 5.19. The van der Waals surface area contributed by atoms with Crippen molar-refractivity contribution in [3.63, 3.8) is 0 Å². The zero-order chi connectivity index (χ0) is 15.7. The van der Waals surface area contributed by atoms with Gasteiger partial charge in [0.05, 0.1) is 0 Å². The van der Waals surface area contributed by atoms with Gasteiger partial charge in [0.15, 0.2) is 0 Å². The van der Waals surface area contributed by atoms with Crippen LogP contribution in [0.2, 0.25) is 0 Å². The minimum absolute atomic E-state index is 0. The highest BCUT2D eigenvalue weighted by atomic mass is 35.5. The van der Waals surface area contributed by atoms with Gasteiger partial charge in [-0.1, -0.05) is 67.1 Å². The molecule has 1 nitrogen and oxygen atoms in total. The fourth-order valence-electron chi connectivity index (χ4n) is 3.67. The first kappa shape index (κ1) is 19.0. The van der Waals surface area contributed by atoms with Gasteiger partial charge in [-0.05, 0) is 62.2 Å². The number of hydrogen-bond donors (Lipinski definition) is 0. The number of benzene rings is 2. The van der Waals surface area contributed by atoms with Crippen LogP contribution in [-0.2, 0) is 12.8 Å². The Morgan fingerprint density at radius 1 is 0.750 bits per heavy atom. The van der Waals surface area contributed by atoms with E-state index < -0.39 is 0 Å². The lowest BCUT2D eigenvalue weighted by Gasteiger charge is -2.32. The van der Waals surface area contributed by atoms with Crippen molar-refractivity contribution in [3.8, 4) is 0 Å². The molecule has 2 aromatic carbocycles. The molecule has 1 saturated heterocycles. The molecule has 2 aromatic rings. The molecular weight excluding hydrogens is 314 g/mol. The Morgan fingerprint density at radius 3 is 1.88 bits per heavy atom. The second-order valence-corrected chi connectivity index (χ2v) is 6.90. The molecule has 1 heterocycles. The summed E-state index contributed by atoms with van der Waals surface area (Å²) in [4.78, 5) is 2.65. The largest absolute Gasteiger partial charge is 0.303 e. The number of hydrogen-bond acceptors (Lipinski definition) is 1. The van der Waals surface area contributed by atoms with Crippen molar-refractivity contribution >= 4 is 12.4 Å². The van der Waals surface area contributed by atoms with Crippen LogP contribution >= 0.6 is 12.4 Å². The predicted molar refractivity (Wildman–Crippen MR) is 106 cm³/mol. The van der Waals surface area contributed by atoms with E-state index in [-0.39, 0.29) is 12.4 Å². The topological polar surface area (TPSA) is 3.24 Å². The smallest absolute Gasteiger partial charge is 0.00218 e. The third-order valence-corrected chi connectivity index (χ3v) is 5.19. The Morgan fingerprint density at radius 2 is 1.29 bits per heavy atom. The van der Waals surface area contributed by atoms with Crippen LogP contribution in [0.3, 0.4) is 0 Å². The SMILES string of the molecule is Cl.c1ccc(CCCC2CCN(CCc3ccccc3)CC2)cc1. The van der Waals surface area contributed by atoms with Gasteiger partial charge in [0.2, 0.25) is 0 Å². The molecule has 3 rings (SSSR count). The van der Waals surface area contributed by atoms with Gasteiger partial charge < -0.3 is 4.90 Å². The van der Waals surface area contributed by atoms with E-state index in [1.54, 1.807) is 0 Å². The quantitative estimate of drug-likeness (QED) is 0.651. The van der Waals surface area contributed by atoms with E-state index in [1.165, 1.54) is 69.3 Å². The highest BCUT2D eigenvalue weighted by Gasteiger charge is 2.18. The van der Waals surface area contributed by atoms with Crippen LogP contribution in [0.1, 0.15) is 36.8 Å². The van der Waals surface area contributed by atoms with Gasteiger partial charge in [0.25, 0.3) is 0 Å². The summed E-state index contributed by atoms with van der Waals surface area (Å²) < 4.78 is 0. The monoisotopic (exact) mass is 343 g/mol. The van der Waals surface area contributed by atoms with E-state index in [2.05, 4.69) is 65.6 Å². The van der Waals surface area contributed by atoms with Crippen molar-refractivity contribution in [1.29, 1.82) is 0 Å². The van der Waals surface area contributed by atoms with Crippen LogP contribution in [0, 0.1) is 5.92 Å². The molecule has 1 aliphatic heterocycles. The lowest BCUT2D eigenvalue weighted by atomic mass is 9.90. The molecule has 1 aliphatic rings. The third kappa shape index (κ3) is 6.30. The van der Waals surface area contributed by atoms with Crippen LogP contribution in [0.4, 0.5) is 0 Å². The van der Waals surface area contributed by atoms with Gasteiger partial charge in [-0.25, -0.2) is 0 Å². The number of halogens is 1. The van der Waals surface area contributed by atoms with Gasteiger partial charge in [-0.3, -0.25) is 0 Å². The van der Waals surface area contributed by atoms with Crippen molar-refractivity contribution in [2.45, 2.75) is 38.5 Å². The molecule has 0 bridgehead atoms. The molecule has 0 aliphatic carbocycles. The van der Waals surface area contributed by atoms with E-state index in [4.69, 9.17) is 0 Å². The Labute approximate surface area is 153 Å². The van der Waals surface area contributed by atoms with E-state index in [1.807, 2.05) is 0 Å². The molecule has 0 aromatic heterocycles. The number of likely N-dealkylation sites (tertiary alicyclic amines) is 1. The van der Waals surface area contributed by atoms with Crippen LogP contribution in [0.5, 0.6) is 0 Å². The molecule has 130 valence electrons. The van der Waals surface area contributed by atoms with Gasteiger partial charge in [0, 0.05) is 6.54 Å². The average molecular weight is 344 g/mol. The second kappa shape index (κ2) is 10.5. The van der Waals surface area contributed by atoms with Gasteiger partial charge >= 0.3 is 0 Å². The van der Waals surface area contributed by atoms with Gasteiger partial charge in [-0.2, -0.15) is 0 Å². The Balaban J connectivity index is 0.00000208. The summed E-state index contributed by atoms with van der Waals surface area (Å²) in [5.41, 5.74) is 2.96. The number of aryl methyl sites for hydroxylation is 1. The normalized spacial score (nSPS) is 15.8. The Kier molecular flexibility index (Phi) is 8.35. The number of nitrogens with zero attached hydrogens (tertiary/aromatic N) is 1. The minimum atomic E-state index is 0. The summed E-state index contributed by atoms with van der Waals surface area (Å²) in [5.74, 6) is 0.951. The zero-order valence-corrected chi connectivity index (χ0v) is 15.4. The maximum absolute atomic E-state index is 2.65. The summed E-state index contributed by atoms with van der Waals surface area (Å²) >= 11 is 0. The molecular formula is C22H30ClN. The summed E-state index contributed by atoms with van der Waals surface area (Å²) in [5, 5.41) is 0. The Hall–Kier alpha value is -1.31. The molecule has 0 spiro atoms. The van der Waals surface area contributed by atoms with Crippen molar-refractivity contribution in [2.75, 3.05) is 19.6 Å². The zero-order valence-electron chi connectivity index (χ0n) is 14.6. The minimum Gasteiger partial charge on any atom is -0.303 e. The van der Waals surface area contributed by atoms with Crippen molar-refractivity contribution in [1.82, 2.24) is 4.90 Å². The number of piperidine rings is 1. The molecule has 2 heteroatoms. The lowest BCUT2D eigenvalue weighted by Crippen LogP contribution is -2.35. The van der Waals surface area contributed by atoms with E-state index in [0.29, 0.717) is 0 Å². The molecule has 0 unspecified atom stereocenters. The highest BCUT2D eigenvalue weighted by molar-refractivity contribution is 5.85. The second-order valence-electron chi connectivity index (χ2n) is 6.90. The fourth-order valence-corrected chi connectivity index (χ4v) is 3.67. The predicted octanol–water partition coefficient (Wildman–Crippen LogP) is 5.39. The average Bonchev–Trinajstić information content (AvgIpc) is 2.63. The molecule has 0 radical (unpaired) electrons. The van der Waals surface area contributed by atoms with Gasteiger partial charge in [-0.15, -0.1) is 12.4 Å². The number of rotatable bonds is 7. The lowest BCUT2D eigenvalue weighted by molar-refractivity contribution is 0.179. The maximum Gasteiger partial charge on any atom is 0.00218 e. The summed E-state index contributed by atoms with van der Waals surface area (Å²) in [6.45, 7) is 3.81. The first-order valence-corrected chi connectivity index (χ1v) is 9.20. The maximum atomic E-state index is 2.65. The molecule has 0 atom stereocenters. The van der Waals surface area contributed by atoms with Gasteiger partial charge in [0.1, 0.15) is 0 Å². The molecule has 1 fully saturated rings. The van der Waals surface area contributed by atoms with E-state index in [9.17, 15) is 0 Å². The summed E-state index contributed by atoms with van der Waals surface area (Å²) in [7, 11) is 0. The van der Waals surface area contributed by atoms with E-state index in [0.717, 1.165) is 5.92 Å². The molecule has 24 heavy (non-hydrogen) atoms. The molecule has 0 N–H and O–H groups in total. The molecule has 0 amide bonds. The van der Waals surface area contributed by atoms with Crippen LogP contribution < -0.4 is 0 Å². The van der Waals surface area contributed by atoms with E-state index >= 15 is 0 Å². The first-order chi connectivity index (χ1) is 11.4. The summed E-state index contributed by atoms with van der Waals surface area (Å²) in [6.07, 6.45) is 7.97. The molecule has 0 saturated carbocycles. The van der Waals surface area contributed by atoms with Crippen LogP contribution in [0.15, 0.2) is 60.7 Å². The fraction of sp³-hybridized carbons (Fsp3) is 0.455. The standard InChI is InChI=1S/C22H29N.ClH/c1-3-8-20(9-4-1)12-7-13-22-15-18-23(19-16-22)17-14-21-10-5-2-6-11-21;/h1-6,8-11,22H,7,12-19H2;1H. The first-order valence-electron chi connectivity index (χ1n) is 9.20. The van der Waals surface area contributed by atoms with Crippen LogP contribution in [-0.4, -0.2) is 24.5 Å². The Bertz CT molecular complexity index is 547. The van der Waals surface area contributed by atoms with Crippen molar-refractivity contribution in [2.24, 2.45) is 5.92 Å².